The van der Waals surface area contributed by atoms with Gasteiger partial charge in [-0.05, 0) is 42.2 Å². The van der Waals surface area contributed by atoms with Gasteiger partial charge in [0.15, 0.2) is 11.6 Å². The predicted molar refractivity (Wildman–Crippen MR) is 91.8 cm³/mol. The number of benzene rings is 2. The second-order valence-electron chi connectivity index (χ2n) is 6.08. The molecule has 0 aliphatic heterocycles. The highest BCUT2D eigenvalue weighted by molar-refractivity contribution is 7.89. The molecular weight excluding hydrogens is 362 g/mol. The highest BCUT2D eigenvalue weighted by Gasteiger charge is 2.23. The summed E-state index contributed by atoms with van der Waals surface area (Å²) in [7, 11) is -4.01. The van der Waals surface area contributed by atoms with E-state index < -0.39 is 21.7 Å². The molecule has 0 fully saturated rings. The molecule has 0 saturated carbocycles. The van der Waals surface area contributed by atoms with E-state index in [1.54, 1.807) is 0 Å². The number of sulfonamides is 1. The third kappa shape index (κ3) is 4.08. The Morgan fingerprint density at radius 1 is 1.12 bits per heavy atom. The van der Waals surface area contributed by atoms with E-state index in [4.69, 9.17) is 0 Å². The summed E-state index contributed by atoms with van der Waals surface area (Å²) >= 11 is 0. The van der Waals surface area contributed by atoms with Crippen LogP contribution in [0.5, 0.6) is 0 Å². The van der Waals surface area contributed by atoms with Crippen molar-refractivity contribution in [2.24, 2.45) is 0 Å². The standard InChI is InChI=1S/C18H18F2N2O3S/c19-15-7-6-13(11-16(15)20)26(24,25)21-10-9-18(23)22-17-8-5-12-3-1-2-4-14(12)17/h1-4,6-7,11,17,21H,5,8-10H2,(H,22,23). The molecule has 3 rings (SSSR count). The maximum atomic E-state index is 13.2. The molecule has 2 aromatic carbocycles. The summed E-state index contributed by atoms with van der Waals surface area (Å²) in [4.78, 5) is 11.7. The zero-order chi connectivity index (χ0) is 18.7. The van der Waals surface area contributed by atoms with Crippen LogP contribution in [0, 0.1) is 11.6 Å². The van der Waals surface area contributed by atoms with E-state index in [1.807, 2.05) is 24.3 Å². The molecule has 2 aromatic rings. The first-order valence-electron chi connectivity index (χ1n) is 8.19. The van der Waals surface area contributed by atoms with Crippen molar-refractivity contribution in [1.82, 2.24) is 10.0 Å². The van der Waals surface area contributed by atoms with Gasteiger partial charge in [0.25, 0.3) is 0 Å². The Balaban J connectivity index is 1.53. The smallest absolute Gasteiger partial charge is 0.240 e. The molecular formula is C18H18F2N2O3S. The lowest BCUT2D eigenvalue weighted by molar-refractivity contribution is -0.121. The van der Waals surface area contributed by atoms with Gasteiger partial charge < -0.3 is 5.32 Å². The van der Waals surface area contributed by atoms with Crippen molar-refractivity contribution in [2.45, 2.75) is 30.2 Å². The molecule has 138 valence electrons. The molecule has 8 heteroatoms. The van der Waals surface area contributed by atoms with Crippen LogP contribution in [0.2, 0.25) is 0 Å². The van der Waals surface area contributed by atoms with Crippen LogP contribution in [0.15, 0.2) is 47.4 Å². The zero-order valence-corrected chi connectivity index (χ0v) is 14.7. The lowest BCUT2D eigenvalue weighted by Crippen LogP contribution is -2.32. The fourth-order valence-electron chi connectivity index (χ4n) is 3.00. The number of carbonyl (C=O) groups excluding carboxylic acids is 1. The fourth-order valence-corrected chi connectivity index (χ4v) is 4.04. The molecule has 0 aromatic heterocycles. The van der Waals surface area contributed by atoms with Gasteiger partial charge in [-0.15, -0.1) is 0 Å². The molecule has 0 bridgehead atoms. The lowest BCUT2D eigenvalue weighted by atomic mass is 10.1. The van der Waals surface area contributed by atoms with Gasteiger partial charge in [0, 0.05) is 13.0 Å². The van der Waals surface area contributed by atoms with Crippen LogP contribution >= 0.6 is 0 Å². The van der Waals surface area contributed by atoms with E-state index in [9.17, 15) is 22.0 Å². The van der Waals surface area contributed by atoms with E-state index >= 15 is 0 Å². The number of rotatable bonds is 6. The summed E-state index contributed by atoms with van der Waals surface area (Å²) in [5.74, 6) is -2.65. The molecule has 1 aliphatic carbocycles. The highest BCUT2D eigenvalue weighted by atomic mass is 32.2. The normalized spacial score (nSPS) is 16.3. The molecule has 0 spiro atoms. The fraction of sp³-hybridized carbons (Fsp3) is 0.278. The van der Waals surface area contributed by atoms with E-state index in [1.165, 1.54) is 5.56 Å². The van der Waals surface area contributed by atoms with Gasteiger partial charge in [-0.2, -0.15) is 0 Å². The van der Waals surface area contributed by atoms with E-state index in [0.717, 1.165) is 30.5 Å². The van der Waals surface area contributed by atoms with Crippen molar-refractivity contribution in [1.29, 1.82) is 0 Å². The van der Waals surface area contributed by atoms with Crippen molar-refractivity contribution < 1.29 is 22.0 Å². The maximum absolute atomic E-state index is 13.2. The average Bonchev–Trinajstić information content (AvgIpc) is 3.00. The molecule has 1 unspecified atom stereocenters. The van der Waals surface area contributed by atoms with Gasteiger partial charge in [-0.3, -0.25) is 4.79 Å². The number of amides is 1. The Morgan fingerprint density at radius 3 is 2.65 bits per heavy atom. The monoisotopic (exact) mass is 380 g/mol. The number of nitrogens with one attached hydrogen (secondary N) is 2. The predicted octanol–water partition coefficient (Wildman–Crippen LogP) is 2.44. The number of hydrogen-bond acceptors (Lipinski definition) is 3. The van der Waals surface area contributed by atoms with Crippen LogP contribution in [0.25, 0.3) is 0 Å². The number of halogens is 2. The summed E-state index contributed by atoms with van der Waals surface area (Å²) in [6, 6.07) is 10.1. The van der Waals surface area contributed by atoms with Gasteiger partial charge in [0.2, 0.25) is 15.9 Å². The summed E-state index contributed by atoms with van der Waals surface area (Å²) < 4.78 is 52.4. The van der Waals surface area contributed by atoms with E-state index in [-0.39, 0.29) is 29.8 Å². The molecule has 1 amide bonds. The zero-order valence-electron chi connectivity index (χ0n) is 13.8. The Morgan fingerprint density at radius 2 is 1.88 bits per heavy atom. The number of hydrogen-bond donors (Lipinski definition) is 2. The minimum Gasteiger partial charge on any atom is -0.349 e. The first-order chi connectivity index (χ1) is 12.4. The largest absolute Gasteiger partial charge is 0.349 e. The molecule has 1 aliphatic rings. The van der Waals surface area contributed by atoms with Crippen LogP contribution in [0.1, 0.15) is 30.0 Å². The van der Waals surface area contributed by atoms with Gasteiger partial charge in [-0.1, -0.05) is 24.3 Å². The third-order valence-corrected chi connectivity index (χ3v) is 5.77. The summed E-state index contributed by atoms with van der Waals surface area (Å²) in [6.07, 6.45) is 1.65. The van der Waals surface area contributed by atoms with Crippen LogP contribution < -0.4 is 10.0 Å². The maximum Gasteiger partial charge on any atom is 0.240 e. The molecule has 2 N–H and O–H groups in total. The Hall–Kier alpha value is -2.32. The SMILES string of the molecule is O=C(CCNS(=O)(=O)c1ccc(F)c(F)c1)NC1CCc2ccccc21. The minimum absolute atomic E-state index is 0.0540. The second-order valence-corrected chi connectivity index (χ2v) is 7.85. The Labute approximate surface area is 150 Å². The Kier molecular flexibility index (Phi) is 5.33. The van der Waals surface area contributed by atoms with E-state index in [0.29, 0.717) is 6.07 Å². The lowest BCUT2D eigenvalue weighted by Gasteiger charge is -2.14. The summed E-state index contributed by atoms with van der Waals surface area (Å²) in [6.45, 7) is -0.137. The van der Waals surface area contributed by atoms with Gasteiger partial charge in [0.05, 0.1) is 10.9 Å². The topological polar surface area (TPSA) is 75.3 Å². The molecule has 0 radical (unpaired) electrons. The second kappa shape index (κ2) is 7.51. The highest BCUT2D eigenvalue weighted by Crippen LogP contribution is 2.30. The number of fused-ring (bicyclic) bond motifs is 1. The first-order valence-corrected chi connectivity index (χ1v) is 9.67. The van der Waals surface area contributed by atoms with Crippen molar-refractivity contribution in [3.8, 4) is 0 Å². The van der Waals surface area contributed by atoms with Crippen LogP contribution in [-0.2, 0) is 21.2 Å². The van der Waals surface area contributed by atoms with Crippen molar-refractivity contribution in [3.63, 3.8) is 0 Å². The van der Waals surface area contributed by atoms with Gasteiger partial charge in [-0.25, -0.2) is 21.9 Å². The average molecular weight is 380 g/mol. The van der Waals surface area contributed by atoms with Crippen LogP contribution in [0.3, 0.4) is 0 Å². The Bertz CT molecular complexity index is 932. The van der Waals surface area contributed by atoms with E-state index in [2.05, 4.69) is 10.0 Å². The molecule has 5 nitrogen and oxygen atoms in total. The minimum atomic E-state index is -4.01. The van der Waals surface area contributed by atoms with Gasteiger partial charge >= 0.3 is 0 Å². The van der Waals surface area contributed by atoms with Crippen LogP contribution in [0.4, 0.5) is 8.78 Å². The van der Waals surface area contributed by atoms with Crippen molar-refractivity contribution in [2.75, 3.05) is 6.54 Å². The molecule has 26 heavy (non-hydrogen) atoms. The first kappa shape index (κ1) is 18.5. The molecule has 0 heterocycles. The number of aryl methyl sites for hydroxylation is 1. The van der Waals surface area contributed by atoms with Gasteiger partial charge in [0.1, 0.15) is 0 Å². The quantitative estimate of drug-likeness (QED) is 0.808. The van der Waals surface area contributed by atoms with Crippen molar-refractivity contribution in [3.05, 3.63) is 65.2 Å². The number of carbonyl (C=O) groups is 1. The van der Waals surface area contributed by atoms with Crippen molar-refractivity contribution >= 4 is 15.9 Å². The molecule has 0 saturated heterocycles. The summed E-state index contributed by atoms with van der Waals surface area (Å²) in [5, 5.41) is 2.89. The third-order valence-electron chi connectivity index (χ3n) is 4.31. The van der Waals surface area contributed by atoms with Crippen LogP contribution in [-0.4, -0.2) is 20.9 Å². The summed E-state index contributed by atoms with van der Waals surface area (Å²) in [5.41, 5.74) is 2.29. The molecule has 1 atom stereocenters.